The van der Waals surface area contributed by atoms with Crippen LogP contribution in [0.5, 0.6) is 11.5 Å². The number of carbonyl (C=O) groups excluding carboxylic acids is 2. The first-order valence-corrected chi connectivity index (χ1v) is 15.5. The minimum absolute atomic E-state index is 0.208. The van der Waals surface area contributed by atoms with Gasteiger partial charge in [0.05, 0.1) is 0 Å². The third-order valence-electron chi connectivity index (χ3n) is 7.07. The highest BCUT2D eigenvalue weighted by molar-refractivity contribution is 5.73. The number of esters is 2. The fraction of sp³-hybridized carbons (Fsp3) is 0.529. The first-order valence-electron chi connectivity index (χ1n) is 15.5. The molecule has 41 heavy (non-hydrogen) atoms. The van der Waals surface area contributed by atoms with Crippen molar-refractivity contribution in [2.24, 2.45) is 0 Å². The second kappa shape index (κ2) is 18.8. The number of unbranched alkanes of at least 4 members (excludes halogenated alkanes) is 12. The van der Waals surface area contributed by atoms with E-state index in [1.807, 2.05) is 0 Å². The van der Waals surface area contributed by atoms with Gasteiger partial charge in [-0.15, -0.1) is 0 Å². The summed E-state index contributed by atoms with van der Waals surface area (Å²) in [4.78, 5) is 28.8. The van der Waals surface area contributed by atoms with Crippen LogP contribution >= 0.6 is 0 Å². The van der Waals surface area contributed by atoms with Gasteiger partial charge in [-0.3, -0.25) is 9.59 Å². The summed E-state index contributed by atoms with van der Waals surface area (Å²) in [5.74, 6) is 1.39. The number of hydrogen-bond donors (Lipinski definition) is 0. The van der Waals surface area contributed by atoms with E-state index in [1.165, 1.54) is 64.2 Å². The Morgan fingerprint density at radius 1 is 0.585 bits per heavy atom. The molecule has 0 aliphatic rings. The molecule has 7 nitrogen and oxygen atoms in total. The first-order chi connectivity index (χ1) is 20.1. The van der Waals surface area contributed by atoms with E-state index in [0.717, 1.165) is 36.8 Å². The van der Waals surface area contributed by atoms with E-state index in [0.29, 0.717) is 36.1 Å². The molecule has 0 atom stereocenters. The van der Waals surface area contributed by atoms with Gasteiger partial charge in [0.25, 0.3) is 5.89 Å². The van der Waals surface area contributed by atoms with Crippen LogP contribution in [0.25, 0.3) is 22.8 Å². The van der Waals surface area contributed by atoms with Crippen molar-refractivity contribution in [3.05, 3.63) is 48.5 Å². The molecule has 3 aromatic rings. The summed E-state index contributed by atoms with van der Waals surface area (Å²) in [6, 6.07) is 14.1. The second-order valence-electron chi connectivity index (χ2n) is 10.7. The Labute approximate surface area is 245 Å². The summed E-state index contributed by atoms with van der Waals surface area (Å²) in [6.07, 6.45) is 17.1. The standard InChI is InChI=1S/C34H46N2O5/c1-3-5-7-9-11-13-15-17-31(37)39-29-23-19-27(20-24-29)33-35-34(41-36-33)28-21-25-30(26-22-28)40-32(38)18-16-14-12-10-8-6-4-2/h19-26H,3-18H2,1-2H3. The normalized spacial score (nSPS) is 11.0. The zero-order chi connectivity index (χ0) is 29.1. The Morgan fingerprint density at radius 3 is 1.46 bits per heavy atom. The van der Waals surface area contributed by atoms with Gasteiger partial charge < -0.3 is 14.0 Å². The minimum atomic E-state index is -0.210. The summed E-state index contributed by atoms with van der Waals surface area (Å²) in [5.41, 5.74) is 1.48. The lowest BCUT2D eigenvalue weighted by molar-refractivity contribution is -0.135. The SMILES string of the molecule is CCCCCCCCCC(=O)Oc1ccc(-c2noc(-c3ccc(OC(=O)CCCCCCCCC)cc3)n2)cc1. The molecule has 0 spiro atoms. The predicted octanol–water partition coefficient (Wildman–Crippen LogP) is 9.50. The van der Waals surface area contributed by atoms with E-state index < -0.39 is 0 Å². The molecule has 0 amide bonds. The summed E-state index contributed by atoms with van der Waals surface area (Å²) < 4.78 is 16.4. The van der Waals surface area contributed by atoms with Crippen molar-refractivity contribution in [2.45, 2.75) is 117 Å². The fourth-order valence-electron chi connectivity index (χ4n) is 4.61. The van der Waals surface area contributed by atoms with Crippen molar-refractivity contribution < 1.29 is 23.6 Å². The third-order valence-corrected chi connectivity index (χ3v) is 7.07. The Bertz CT molecular complexity index is 1060. The van der Waals surface area contributed by atoms with E-state index in [4.69, 9.17) is 14.0 Å². The molecule has 0 N–H and O–H groups in total. The second-order valence-corrected chi connectivity index (χ2v) is 10.7. The highest BCUT2D eigenvalue weighted by Crippen LogP contribution is 2.26. The van der Waals surface area contributed by atoms with E-state index in [9.17, 15) is 9.59 Å². The smallest absolute Gasteiger partial charge is 0.311 e. The van der Waals surface area contributed by atoms with Crippen LogP contribution < -0.4 is 9.47 Å². The molecular formula is C34H46N2O5. The summed E-state index contributed by atoms with van der Waals surface area (Å²) in [5, 5.41) is 4.09. The van der Waals surface area contributed by atoms with Crippen molar-refractivity contribution in [1.82, 2.24) is 10.1 Å². The van der Waals surface area contributed by atoms with Gasteiger partial charge in [-0.2, -0.15) is 4.98 Å². The molecule has 1 aromatic heterocycles. The van der Waals surface area contributed by atoms with Crippen LogP contribution in [-0.2, 0) is 9.59 Å². The zero-order valence-corrected chi connectivity index (χ0v) is 24.9. The molecule has 0 radical (unpaired) electrons. The van der Waals surface area contributed by atoms with Crippen LogP contribution in [0.1, 0.15) is 117 Å². The highest BCUT2D eigenvalue weighted by Gasteiger charge is 2.13. The Morgan fingerprint density at radius 2 is 1.00 bits per heavy atom. The maximum Gasteiger partial charge on any atom is 0.311 e. The molecular weight excluding hydrogens is 516 g/mol. The van der Waals surface area contributed by atoms with Gasteiger partial charge in [-0.25, -0.2) is 0 Å². The van der Waals surface area contributed by atoms with Crippen molar-refractivity contribution in [2.75, 3.05) is 0 Å². The number of carbonyl (C=O) groups is 2. The Balaban J connectivity index is 1.40. The van der Waals surface area contributed by atoms with Gasteiger partial charge in [-0.05, 0) is 61.4 Å². The van der Waals surface area contributed by atoms with Crippen molar-refractivity contribution in [3.8, 4) is 34.3 Å². The molecule has 0 unspecified atom stereocenters. The topological polar surface area (TPSA) is 91.5 Å². The lowest BCUT2D eigenvalue weighted by Gasteiger charge is -2.05. The number of ether oxygens (including phenoxy) is 2. The van der Waals surface area contributed by atoms with E-state index in [-0.39, 0.29) is 11.9 Å². The maximum absolute atomic E-state index is 12.2. The number of benzene rings is 2. The number of rotatable bonds is 20. The molecule has 0 fully saturated rings. The molecule has 222 valence electrons. The van der Waals surface area contributed by atoms with Gasteiger partial charge >= 0.3 is 11.9 Å². The van der Waals surface area contributed by atoms with Gasteiger partial charge in [0.1, 0.15) is 11.5 Å². The van der Waals surface area contributed by atoms with Crippen LogP contribution in [0.15, 0.2) is 53.1 Å². The molecule has 0 saturated carbocycles. The van der Waals surface area contributed by atoms with Crippen LogP contribution in [-0.4, -0.2) is 22.1 Å². The quantitative estimate of drug-likeness (QED) is 0.0769. The average Bonchev–Trinajstić information content (AvgIpc) is 3.47. The van der Waals surface area contributed by atoms with E-state index >= 15 is 0 Å². The van der Waals surface area contributed by atoms with Crippen LogP contribution in [0.2, 0.25) is 0 Å². The highest BCUT2D eigenvalue weighted by atomic mass is 16.5. The molecule has 2 aromatic carbocycles. The van der Waals surface area contributed by atoms with Gasteiger partial charge in [0.2, 0.25) is 5.82 Å². The Kier molecular flexibility index (Phi) is 14.7. The number of aromatic nitrogens is 2. The zero-order valence-electron chi connectivity index (χ0n) is 24.9. The van der Waals surface area contributed by atoms with Crippen LogP contribution in [0.4, 0.5) is 0 Å². The van der Waals surface area contributed by atoms with Crippen LogP contribution in [0, 0.1) is 0 Å². The lowest BCUT2D eigenvalue weighted by atomic mass is 10.1. The predicted molar refractivity (Wildman–Crippen MR) is 162 cm³/mol. The molecule has 0 aliphatic carbocycles. The molecule has 1 heterocycles. The average molecular weight is 563 g/mol. The fourth-order valence-corrected chi connectivity index (χ4v) is 4.61. The minimum Gasteiger partial charge on any atom is -0.427 e. The Hall–Kier alpha value is -3.48. The van der Waals surface area contributed by atoms with Crippen LogP contribution in [0.3, 0.4) is 0 Å². The monoisotopic (exact) mass is 562 g/mol. The number of nitrogens with zero attached hydrogens (tertiary/aromatic N) is 2. The molecule has 3 rings (SSSR count). The first kappa shape index (κ1) is 32.0. The summed E-state index contributed by atoms with van der Waals surface area (Å²) in [7, 11) is 0. The van der Waals surface area contributed by atoms with Gasteiger partial charge in [0.15, 0.2) is 0 Å². The largest absolute Gasteiger partial charge is 0.427 e. The number of hydrogen-bond acceptors (Lipinski definition) is 7. The summed E-state index contributed by atoms with van der Waals surface area (Å²) >= 11 is 0. The van der Waals surface area contributed by atoms with E-state index in [2.05, 4.69) is 24.0 Å². The maximum atomic E-state index is 12.2. The third kappa shape index (κ3) is 12.3. The summed E-state index contributed by atoms with van der Waals surface area (Å²) in [6.45, 7) is 4.42. The van der Waals surface area contributed by atoms with Crippen molar-refractivity contribution >= 4 is 11.9 Å². The van der Waals surface area contributed by atoms with Gasteiger partial charge in [0, 0.05) is 24.0 Å². The van der Waals surface area contributed by atoms with Gasteiger partial charge in [-0.1, -0.05) is 96.1 Å². The lowest BCUT2D eigenvalue weighted by Crippen LogP contribution is -2.07. The van der Waals surface area contributed by atoms with Crippen molar-refractivity contribution in [3.63, 3.8) is 0 Å². The van der Waals surface area contributed by atoms with E-state index in [1.54, 1.807) is 48.5 Å². The molecule has 0 bridgehead atoms. The molecule has 7 heteroatoms. The molecule has 0 aliphatic heterocycles. The molecule has 0 saturated heterocycles. The van der Waals surface area contributed by atoms with Crippen molar-refractivity contribution in [1.29, 1.82) is 0 Å².